The van der Waals surface area contributed by atoms with Gasteiger partial charge >= 0.3 is 12.2 Å². The van der Waals surface area contributed by atoms with Crippen LogP contribution in [0, 0.1) is 13.8 Å². The van der Waals surface area contributed by atoms with Gasteiger partial charge in [0.15, 0.2) is 0 Å². The maximum atomic E-state index is 13.2. The number of carbonyl (C=O) groups excluding carboxylic acids is 1. The van der Waals surface area contributed by atoms with Gasteiger partial charge in [0, 0.05) is 36.2 Å². The van der Waals surface area contributed by atoms with Gasteiger partial charge in [-0.1, -0.05) is 23.7 Å². The molecule has 0 saturated carbocycles. The Morgan fingerprint density at radius 2 is 1.85 bits per heavy atom. The quantitative estimate of drug-likeness (QED) is 0.462. The van der Waals surface area contributed by atoms with Crippen LogP contribution in [0.1, 0.15) is 47.0 Å². The Balaban J connectivity index is 1.53. The molecular formula is C24H24ClF3N4O. The molecule has 0 spiro atoms. The third-order valence-corrected chi connectivity index (χ3v) is 6.17. The maximum absolute atomic E-state index is 13.2. The number of hydrogen-bond donors (Lipinski definition) is 1. The lowest BCUT2D eigenvalue weighted by molar-refractivity contribution is -0.137. The zero-order chi connectivity index (χ0) is 23.8. The van der Waals surface area contributed by atoms with E-state index in [1.807, 2.05) is 35.0 Å². The lowest BCUT2D eigenvalue weighted by Crippen LogP contribution is -2.36. The Morgan fingerprint density at radius 3 is 2.48 bits per heavy atom. The molecule has 3 aromatic rings. The summed E-state index contributed by atoms with van der Waals surface area (Å²) in [5, 5.41) is 3.50. The fourth-order valence-corrected chi connectivity index (χ4v) is 4.45. The number of aryl methyl sites for hydroxylation is 2. The van der Waals surface area contributed by atoms with Gasteiger partial charge in [-0.25, -0.2) is 9.78 Å². The molecule has 33 heavy (non-hydrogen) atoms. The molecule has 1 fully saturated rings. The molecule has 4 rings (SSSR count). The van der Waals surface area contributed by atoms with E-state index < -0.39 is 11.7 Å². The first-order chi connectivity index (χ1) is 15.6. The summed E-state index contributed by atoms with van der Waals surface area (Å²) >= 11 is 5.98. The SMILES string of the molecule is Cc1cc(C(F)(F)F)cc(C)c1NC(=O)N1CCC[C@@H]1c1nccn1Cc1ccc(Cl)cc1. The van der Waals surface area contributed by atoms with Crippen LogP contribution in [0.4, 0.5) is 23.7 Å². The van der Waals surface area contributed by atoms with E-state index in [0.717, 1.165) is 36.4 Å². The van der Waals surface area contributed by atoms with Crippen molar-refractivity contribution < 1.29 is 18.0 Å². The van der Waals surface area contributed by atoms with Crippen LogP contribution in [-0.4, -0.2) is 27.0 Å². The molecule has 1 aliphatic heterocycles. The van der Waals surface area contributed by atoms with Crippen molar-refractivity contribution in [3.05, 3.63) is 81.9 Å². The van der Waals surface area contributed by atoms with Crippen molar-refractivity contribution in [3.8, 4) is 0 Å². The first-order valence-corrected chi connectivity index (χ1v) is 11.0. The third kappa shape index (κ3) is 5.00. The van der Waals surface area contributed by atoms with Crippen LogP contribution in [0.25, 0.3) is 0 Å². The van der Waals surface area contributed by atoms with Gasteiger partial charge in [-0.3, -0.25) is 0 Å². The zero-order valence-corrected chi connectivity index (χ0v) is 19.0. The lowest BCUT2D eigenvalue weighted by Gasteiger charge is -2.26. The predicted molar refractivity (Wildman–Crippen MR) is 121 cm³/mol. The van der Waals surface area contributed by atoms with Gasteiger partial charge < -0.3 is 14.8 Å². The molecule has 0 bridgehead atoms. The highest BCUT2D eigenvalue weighted by Crippen LogP contribution is 2.35. The Hall–Kier alpha value is -3.00. The van der Waals surface area contributed by atoms with Crippen LogP contribution >= 0.6 is 11.6 Å². The van der Waals surface area contributed by atoms with Crippen molar-refractivity contribution in [2.24, 2.45) is 0 Å². The number of amides is 2. The average molecular weight is 477 g/mol. The molecule has 2 heterocycles. The minimum absolute atomic E-state index is 0.220. The smallest absolute Gasteiger partial charge is 0.329 e. The number of likely N-dealkylation sites (tertiary alicyclic amines) is 1. The molecule has 2 aromatic carbocycles. The number of anilines is 1. The van der Waals surface area contributed by atoms with Gasteiger partial charge in [-0.15, -0.1) is 0 Å². The Labute approximate surface area is 195 Å². The van der Waals surface area contributed by atoms with E-state index in [1.54, 1.807) is 24.9 Å². The van der Waals surface area contributed by atoms with Gasteiger partial charge in [0.2, 0.25) is 0 Å². The van der Waals surface area contributed by atoms with Crippen LogP contribution in [0.15, 0.2) is 48.8 Å². The van der Waals surface area contributed by atoms with Crippen molar-refractivity contribution in [1.82, 2.24) is 14.5 Å². The first-order valence-electron chi connectivity index (χ1n) is 10.6. The molecule has 5 nitrogen and oxygen atoms in total. The van der Waals surface area contributed by atoms with E-state index in [-0.39, 0.29) is 12.1 Å². The molecule has 9 heteroatoms. The summed E-state index contributed by atoms with van der Waals surface area (Å²) in [5.41, 5.74) is 1.48. The molecule has 1 saturated heterocycles. The summed E-state index contributed by atoms with van der Waals surface area (Å²) in [4.78, 5) is 19.4. The van der Waals surface area contributed by atoms with Gasteiger partial charge in [0.1, 0.15) is 5.82 Å². The summed E-state index contributed by atoms with van der Waals surface area (Å²) < 4.78 is 41.3. The van der Waals surface area contributed by atoms with Crippen LogP contribution in [0.2, 0.25) is 5.02 Å². The molecule has 0 unspecified atom stereocenters. The van der Waals surface area contributed by atoms with Gasteiger partial charge in [0.25, 0.3) is 0 Å². The van der Waals surface area contributed by atoms with E-state index in [2.05, 4.69) is 10.3 Å². The highest BCUT2D eigenvalue weighted by Gasteiger charge is 2.34. The highest BCUT2D eigenvalue weighted by atomic mass is 35.5. The molecule has 1 atom stereocenters. The zero-order valence-electron chi connectivity index (χ0n) is 18.3. The summed E-state index contributed by atoms with van der Waals surface area (Å²) in [6.07, 6.45) is 0.735. The Bertz CT molecular complexity index is 1130. The van der Waals surface area contributed by atoms with Crippen LogP contribution < -0.4 is 5.32 Å². The second-order valence-corrected chi connectivity index (χ2v) is 8.74. The number of benzene rings is 2. The van der Waals surface area contributed by atoms with Crippen molar-refractivity contribution in [2.75, 3.05) is 11.9 Å². The lowest BCUT2D eigenvalue weighted by atomic mass is 10.0. The number of aromatic nitrogens is 2. The largest absolute Gasteiger partial charge is 0.416 e. The highest BCUT2D eigenvalue weighted by molar-refractivity contribution is 6.30. The molecule has 0 radical (unpaired) electrons. The molecule has 2 amide bonds. The van der Waals surface area contributed by atoms with E-state index in [1.165, 1.54) is 0 Å². The van der Waals surface area contributed by atoms with Crippen LogP contribution in [0.5, 0.6) is 0 Å². The summed E-state index contributed by atoms with van der Waals surface area (Å²) in [6.45, 7) is 4.27. The summed E-state index contributed by atoms with van der Waals surface area (Å²) in [5.74, 6) is 0.776. The van der Waals surface area contributed by atoms with Gasteiger partial charge in [-0.05, 0) is 67.6 Å². The number of urea groups is 1. The Kier molecular flexibility index (Phi) is 6.38. The van der Waals surface area contributed by atoms with Crippen molar-refractivity contribution in [3.63, 3.8) is 0 Å². The summed E-state index contributed by atoms with van der Waals surface area (Å²) in [7, 11) is 0. The number of imidazole rings is 1. The molecule has 1 aromatic heterocycles. The minimum Gasteiger partial charge on any atom is -0.329 e. The number of rotatable bonds is 4. The van der Waals surface area contributed by atoms with Crippen molar-refractivity contribution in [1.29, 1.82) is 0 Å². The second kappa shape index (κ2) is 9.09. The van der Waals surface area contributed by atoms with Crippen LogP contribution in [-0.2, 0) is 12.7 Å². The van der Waals surface area contributed by atoms with Gasteiger partial charge in [-0.2, -0.15) is 13.2 Å². The van der Waals surface area contributed by atoms with E-state index >= 15 is 0 Å². The first kappa shape index (κ1) is 23.2. The molecule has 1 N–H and O–H groups in total. The normalized spacial score (nSPS) is 16.3. The molecular weight excluding hydrogens is 453 g/mol. The van der Waals surface area contributed by atoms with Crippen LogP contribution in [0.3, 0.4) is 0 Å². The maximum Gasteiger partial charge on any atom is 0.416 e. The van der Waals surface area contributed by atoms with E-state index in [9.17, 15) is 18.0 Å². The number of alkyl halides is 3. The number of nitrogens with zero attached hydrogens (tertiary/aromatic N) is 3. The number of hydrogen-bond acceptors (Lipinski definition) is 2. The number of nitrogens with one attached hydrogen (secondary N) is 1. The minimum atomic E-state index is -4.43. The Morgan fingerprint density at radius 1 is 1.18 bits per heavy atom. The molecule has 0 aliphatic carbocycles. The molecule has 1 aliphatic rings. The third-order valence-electron chi connectivity index (χ3n) is 5.92. The van der Waals surface area contributed by atoms with Crippen molar-refractivity contribution >= 4 is 23.3 Å². The number of halogens is 4. The topological polar surface area (TPSA) is 50.2 Å². The number of carbonyl (C=O) groups is 1. The van der Waals surface area contributed by atoms with E-state index in [0.29, 0.717) is 34.9 Å². The van der Waals surface area contributed by atoms with E-state index in [4.69, 9.17) is 11.6 Å². The standard InChI is InChI=1S/C24H24ClF3N4O/c1-15-12-18(24(26,27)28)13-16(2)21(15)30-23(33)32-10-3-4-20(32)22-29-9-11-31(22)14-17-5-7-19(25)8-6-17/h5-9,11-13,20H,3-4,10,14H2,1-2H3,(H,30,33)/t20-/m1/s1. The monoisotopic (exact) mass is 476 g/mol. The van der Waals surface area contributed by atoms with Crippen molar-refractivity contribution in [2.45, 2.75) is 45.5 Å². The average Bonchev–Trinajstić information content (AvgIpc) is 3.40. The predicted octanol–water partition coefficient (Wildman–Crippen LogP) is 6.59. The second-order valence-electron chi connectivity index (χ2n) is 8.30. The fourth-order valence-electron chi connectivity index (χ4n) is 4.32. The van der Waals surface area contributed by atoms with Gasteiger partial charge in [0.05, 0.1) is 11.6 Å². The summed E-state index contributed by atoms with van der Waals surface area (Å²) in [6, 6.07) is 9.11. The molecule has 174 valence electrons. The fraction of sp³-hybridized carbons (Fsp3) is 0.333.